The topological polar surface area (TPSA) is 25.8 Å². The summed E-state index contributed by atoms with van der Waals surface area (Å²) in [5.74, 6) is -25.0. The van der Waals surface area contributed by atoms with E-state index in [1.54, 1.807) is 12.3 Å². The predicted octanol–water partition coefficient (Wildman–Crippen LogP) is 31.0. The molecule has 8 aliphatic carbocycles. The van der Waals surface area contributed by atoms with Crippen LogP contribution in [0, 0.1) is 170 Å². The molecule has 16 rings (SSSR count). The van der Waals surface area contributed by atoms with Gasteiger partial charge < -0.3 is 0 Å². The van der Waals surface area contributed by atoms with Gasteiger partial charge in [0.1, 0.15) is 29.1 Å². The highest BCUT2D eigenvalue weighted by Gasteiger charge is 2.37. The molecule has 4 saturated carbocycles. The molecular weight excluding hydrogens is 1580 g/mol. The largest absolute Gasteiger partial charge is 0.236 e. The first-order chi connectivity index (χ1) is 64.1. The number of halogens is 17. The summed E-state index contributed by atoms with van der Waals surface area (Å²) in [6.07, 6.45) is 5.55. The number of aryl methyl sites for hydroxylation is 2. The lowest BCUT2D eigenvalue weighted by molar-refractivity contribution is 0.183. The van der Waals surface area contributed by atoms with Gasteiger partial charge in [-0.1, -0.05) is 169 Å². The molecule has 0 aliphatic heterocycles. The van der Waals surface area contributed by atoms with Gasteiger partial charge in [0.2, 0.25) is 0 Å². The Morgan fingerprint density at radius 2 is 0.612 bits per heavy atom. The minimum Gasteiger partial charge on any atom is -0.236 e. The van der Waals surface area contributed by atoms with Gasteiger partial charge >= 0.3 is 0 Å². The van der Waals surface area contributed by atoms with Crippen molar-refractivity contribution in [3.8, 4) is 44.8 Å². The minimum absolute atomic E-state index is 0.0165. The van der Waals surface area contributed by atoms with Crippen LogP contribution in [0.1, 0.15) is 299 Å². The molecule has 121 heavy (non-hydrogen) atoms. The minimum atomic E-state index is -1.71. The second-order valence-corrected chi connectivity index (χ2v) is 34.4. The fourth-order valence-corrected chi connectivity index (χ4v) is 19.2. The standard InChI is InChI=1S/C27H31F5.C27H32F4.C25H27F5.C23H27F3N2/c1-2-3-16-4-6-17(7-5-16)8-9-18-10-11-21-19(12-18)13-22(28)25(26(21)31)20-14-23(29)27(32)24(30)15-20;1-2-3-17-4-6-18(7-5-17)8-9-19-10-11-20-13-23(24(28)14-21(20)12-19)22-15-25(29)27(31)26(30)16-22;1-2-3-14-4-6-15(7-5-14)16-8-9-19-17(10-16)11-20(26)23(24(19)29)18-12-21(27)25(30)22(28)13-18;1-2-3-14-4-6-15(7-5-14)16-8-9-21-18(10-16)13-27-23(28-21)17-11-19(24)22(26)20(25)12-17/h13-18H,2-12H2,1H3;13-19H,2-12H2,1H3;11-16H,2-10H2,1H3;11-16H,2-10H2,1H3/i2*6D2,7D2;2*4D2,5D2. The molecule has 7 aromatic carbocycles. The SMILES string of the molecule is [2H]C1([2H])CC(C2CCc3c(cc(F)c(-c4cc(F)c(F)c(F)c4)c3F)C2)CC([2H])([2H])C1CCC.[2H]C1([2H])CC(C2CCc3nc(-c4cc(F)c(F)c(F)c4)ncc3C2)CC([2H])([2H])C1CCC.[2H]C1([2H])CC(CCC)CC([2H])([2H])C1CCC1CCc2c(cc(F)c(-c3cc(F)c(F)c(F)c3)c2F)C1.[2H]C1([2H])CC(CCC)CC([2H])([2H])C1CCC1CCc2cc(-c3cc(F)c(F)c(F)c3)c(F)cc2C1. The number of nitrogens with zero attached hydrogens (tertiary/aromatic N) is 2. The number of hydrogen-bond donors (Lipinski definition) is 0. The summed E-state index contributed by atoms with van der Waals surface area (Å²) < 4.78 is 374. The van der Waals surface area contributed by atoms with Gasteiger partial charge in [-0.3, -0.25) is 0 Å². The van der Waals surface area contributed by atoms with E-state index < -0.39 is 196 Å². The van der Waals surface area contributed by atoms with E-state index in [1.165, 1.54) is 6.07 Å². The average Bonchev–Trinajstić information content (AvgIpc) is 0.766. The molecule has 8 aliphatic rings. The van der Waals surface area contributed by atoms with Crippen molar-refractivity contribution in [2.24, 2.45) is 71.0 Å². The summed E-state index contributed by atoms with van der Waals surface area (Å²) in [4.78, 5) is 8.69. The molecule has 8 aromatic rings. The second-order valence-electron chi connectivity index (χ2n) is 34.4. The Kier molecular flexibility index (Phi) is 24.8. The van der Waals surface area contributed by atoms with Crippen molar-refractivity contribution in [2.45, 2.75) is 284 Å². The van der Waals surface area contributed by atoms with E-state index in [4.69, 9.17) is 21.9 Å². The lowest BCUT2D eigenvalue weighted by atomic mass is 9.69. The number of hydrogen-bond acceptors (Lipinski definition) is 2. The first-order valence-corrected chi connectivity index (χ1v) is 43.4. The molecule has 0 saturated heterocycles. The first kappa shape index (κ1) is 71.7. The maximum atomic E-state index is 15.3. The molecule has 2 nitrogen and oxygen atoms in total. The van der Waals surface area contributed by atoms with Gasteiger partial charge in [0.15, 0.2) is 75.6 Å². The monoisotopic (exact) mass is 1710 g/mol. The molecule has 0 amide bonds. The third-order valence-corrected chi connectivity index (χ3v) is 26.0. The molecule has 4 fully saturated rings. The third kappa shape index (κ3) is 22.4. The van der Waals surface area contributed by atoms with E-state index >= 15 is 8.78 Å². The van der Waals surface area contributed by atoms with E-state index in [9.17, 15) is 65.9 Å². The highest BCUT2D eigenvalue weighted by Crippen LogP contribution is 2.47. The van der Waals surface area contributed by atoms with Crippen molar-refractivity contribution in [3.63, 3.8) is 0 Å². The van der Waals surface area contributed by atoms with Crippen LogP contribution in [0.25, 0.3) is 44.8 Å². The zero-order chi connectivity index (χ0) is 100. The van der Waals surface area contributed by atoms with Crippen molar-refractivity contribution in [1.29, 1.82) is 0 Å². The Hall–Kier alpha value is -7.57. The van der Waals surface area contributed by atoms with E-state index in [0.717, 1.165) is 104 Å². The van der Waals surface area contributed by atoms with Crippen LogP contribution in [-0.2, 0) is 51.4 Å². The quantitative estimate of drug-likeness (QED) is 0.0561. The van der Waals surface area contributed by atoms with Crippen molar-refractivity contribution in [3.05, 3.63) is 223 Å². The van der Waals surface area contributed by atoms with Crippen molar-refractivity contribution >= 4 is 0 Å². The van der Waals surface area contributed by atoms with Gasteiger partial charge in [-0.05, 0) is 315 Å². The number of fused-ring (bicyclic) bond motifs is 4. The molecule has 0 radical (unpaired) electrons. The summed E-state index contributed by atoms with van der Waals surface area (Å²) >= 11 is 0. The molecule has 19 heteroatoms. The van der Waals surface area contributed by atoms with Gasteiger partial charge in [0.25, 0.3) is 0 Å². The van der Waals surface area contributed by atoms with Crippen LogP contribution in [0.3, 0.4) is 0 Å². The fraction of sp³-hybridized carbons (Fsp3) is 0.549. The molecule has 0 N–H and O–H groups in total. The molecule has 1 heterocycles. The Balaban J connectivity index is 0.000000154. The predicted molar refractivity (Wildman–Crippen MR) is 444 cm³/mol. The third-order valence-electron chi connectivity index (χ3n) is 26.0. The van der Waals surface area contributed by atoms with Crippen LogP contribution in [-0.4, -0.2) is 9.97 Å². The van der Waals surface area contributed by atoms with Gasteiger partial charge in [-0.2, -0.15) is 0 Å². The lowest BCUT2D eigenvalue weighted by Gasteiger charge is -2.36. The van der Waals surface area contributed by atoms with Crippen LogP contribution in [0.15, 0.2) is 79.0 Å². The zero-order valence-corrected chi connectivity index (χ0v) is 68.9. The normalized spacial score (nSPS) is 29.2. The van der Waals surface area contributed by atoms with Crippen LogP contribution in [0.4, 0.5) is 74.6 Å². The molecule has 0 spiro atoms. The first-order valence-electron chi connectivity index (χ1n) is 51.4. The summed E-state index contributed by atoms with van der Waals surface area (Å²) in [7, 11) is 0. The van der Waals surface area contributed by atoms with Gasteiger partial charge in [0.05, 0.1) is 11.1 Å². The average molecular weight is 1710 g/mol. The lowest BCUT2D eigenvalue weighted by Crippen LogP contribution is -2.27. The Morgan fingerprint density at radius 1 is 0.273 bits per heavy atom. The Morgan fingerprint density at radius 3 is 1.05 bits per heavy atom. The summed E-state index contributed by atoms with van der Waals surface area (Å²) in [6.45, 7) is 7.92. The van der Waals surface area contributed by atoms with Crippen molar-refractivity contribution in [2.75, 3.05) is 0 Å². The molecule has 654 valence electrons. The molecular formula is C102H117F17N2. The van der Waals surface area contributed by atoms with Crippen LogP contribution < -0.4 is 0 Å². The molecule has 4 unspecified atom stereocenters. The molecule has 4 atom stereocenters. The summed E-state index contributed by atoms with van der Waals surface area (Å²) in [5.41, 5.74) is 2.71. The molecule has 1 aromatic heterocycles. The highest BCUT2D eigenvalue weighted by molar-refractivity contribution is 5.69. The Labute approximate surface area is 726 Å². The maximum absolute atomic E-state index is 15.3. The van der Waals surface area contributed by atoms with Crippen LogP contribution in [0.2, 0.25) is 0 Å². The number of rotatable bonds is 20. The highest BCUT2D eigenvalue weighted by atomic mass is 19.2. The summed E-state index contributed by atoms with van der Waals surface area (Å²) in [6, 6.07) is 10.9. The number of aromatic nitrogens is 2. The molecule has 0 bridgehead atoms. The van der Waals surface area contributed by atoms with Crippen LogP contribution in [0.5, 0.6) is 0 Å². The maximum Gasteiger partial charge on any atom is 0.194 e. The van der Waals surface area contributed by atoms with Gasteiger partial charge in [-0.25, -0.2) is 84.6 Å². The van der Waals surface area contributed by atoms with Crippen molar-refractivity contribution in [1.82, 2.24) is 9.97 Å². The summed E-state index contributed by atoms with van der Waals surface area (Å²) in [5, 5.41) is 0. The zero-order valence-electron chi connectivity index (χ0n) is 84.9. The van der Waals surface area contributed by atoms with E-state index in [1.807, 2.05) is 27.7 Å². The smallest absolute Gasteiger partial charge is 0.194 e. The van der Waals surface area contributed by atoms with Gasteiger partial charge in [-0.15, -0.1) is 0 Å². The van der Waals surface area contributed by atoms with E-state index in [2.05, 4.69) is 9.97 Å². The second kappa shape index (κ2) is 41.9. The van der Waals surface area contributed by atoms with E-state index in [-0.39, 0.29) is 113 Å². The number of benzene rings is 7. The van der Waals surface area contributed by atoms with Crippen LogP contribution >= 0.6 is 0 Å². The fourth-order valence-electron chi connectivity index (χ4n) is 19.2. The van der Waals surface area contributed by atoms with E-state index in [0.29, 0.717) is 164 Å². The van der Waals surface area contributed by atoms with Crippen molar-refractivity contribution < 1.29 is 96.6 Å². The Bertz CT molecular complexity index is 5540. The van der Waals surface area contributed by atoms with Gasteiger partial charge in [0, 0.05) is 44.9 Å².